The summed E-state index contributed by atoms with van der Waals surface area (Å²) < 4.78 is 0. The molecule has 0 aromatic rings. The van der Waals surface area contributed by atoms with Gasteiger partial charge in [0.05, 0.1) is 12.8 Å². The van der Waals surface area contributed by atoms with Crippen LogP contribution in [0.25, 0.3) is 0 Å². The Kier molecular flexibility index (Phi) is 4.71. The van der Waals surface area contributed by atoms with Gasteiger partial charge in [0, 0.05) is 0 Å². The second kappa shape index (κ2) is 5.03. The molecule has 3 atom stereocenters. The second-order valence-electron chi connectivity index (χ2n) is 2.00. The van der Waals surface area contributed by atoms with Crippen molar-refractivity contribution in [3.8, 4) is 0 Å². The number of hydrogen-bond acceptors (Lipinski definition) is 6. The summed E-state index contributed by atoms with van der Waals surface area (Å²) in [5.74, 6) is 0. The van der Waals surface area contributed by atoms with E-state index in [1.165, 1.54) is 0 Å². The van der Waals surface area contributed by atoms with Crippen LogP contribution in [0, 0.1) is 0 Å². The molecule has 0 rings (SSSR count). The number of rotatable bonds is 4. The van der Waals surface area contributed by atoms with E-state index >= 15 is 0 Å². The van der Waals surface area contributed by atoms with Crippen LogP contribution in [-0.2, 0) is 0 Å². The third kappa shape index (κ3) is 3.28. The predicted octanol–water partition coefficient (Wildman–Crippen LogP) is -2.48. The summed E-state index contributed by atoms with van der Waals surface area (Å²) in [5, 5.41) is 45.0. The minimum Gasteiger partial charge on any atom is -0.411 e. The smallest absolute Gasteiger partial charge is 0.121 e. The van der Waals surface area contributed by atoms with E-state index in [0.29, 0.717) is 6.21 Å². The van der Waals surface area contributed by atoms with Gasteiger partial charge in [-0.05, 0) is 0 Å². The topological polar surface area (TPSA) is 114 Å². The molecule has 0 radical (unpaired) electrons. The Morgan fingerprint density at radius 3 is 2.18 bits per heavy atom. The molecule has 0 aliphatic carbocycles. The van der Waals surface area contributed by atoms with Gasteiger partial charge in [0.25, 0.3) is 0 Å². The highest BCUT2D eigenvalue weighted by Gasteiger charge is 2.22. The molecule has 0 amide bonds. The number of hydrogen-bond donors (Lipinski definition) is 5. The first-order valence-corrected chi connectivity index (χ1v) is 2.96. The van der Waals surface area contributed by atoms with Crippen molar-refractivity contribution in [3.05, 3.63) is 0 Å². The van der Waals surface area contributed by atoms with E-state index in [-0.39, 0.29) is 0 Å². The van der Waals surface area contributed by atoms with E-state index in [4.69, 9.17) is 25.6 Å². The first-order chi connectivity index (χ1) is 5.13. The summed E-state index contributed by atoms with van der Waals surface area (Å²) in [4.78, 5) is 0. The van der Waals surface area contributed by atoms with Crippen molar-refractivity contribution in [2.24, 2.45) is 5.16 Å². The van der Waals surface area contributed by atoms with E-state index in [9.17, 15) is 0 Å². The third-order valence-electron chi connectivity index (χ3n) is 1.15. The van der Waals surface area contributed by atoms with Crippen molar-refractivity contribution in [1.29, 1.82) is 0 Å². The molecule has 0 unspecified atom stereocenters. The summed E-state index contributed by atoms with van der Waals surface area (Å²) in [6, 6.07) is 0. The van der Waals surface area contributed by atoms with Gasteiger partial charge < -0.3 is 25.6 Å². The van der Waals surface area contributed by atoms with Crippen molar-refractivity contribution in [2.75, 3.05) is 6.61 Å². The lowest BCUT2D eigenvalue weighted by atomic mass is 10.1. The zero-order chi connectivity index (χ0) is 8.85. The fraction of sp³-hybridized carbons (Fsp3) is 0.800. The van der Waals surface area contributed by atoms with E-state index < -0.39 is 24.9 Å². The second-order valence-corrected chi connectivity index (χ2v) is 2.00. The lowest BCUT2D eigenvalue weighted by Crippen LogP contribution is -2.40. The average molecular weight is 165 g/mol. The van der Waals surface area contributed by atoms with Gasteiger partial charge in [-0.2, -0.15) is 0 Å². The molecule has 0 saturated heterocycles. The molecule has 5 N–H and O–H groups in total. The van der Waals surface area contributed by atoms with Crippen molar-refractivity contribution in [2.45, 2.75) is 18.3 Å². The standard InChI is InChI=1S/C5H11NO5/c7-2-4(9)5(10)3(8)1-6-11/h1,3-5,7-11H,2H2/b6-1-/t3-,4+,5-/m1/s1. The molecule has 0 aliphatic heterocycles. The lowest BCUT2D eigenvalue weighted by Gasteiger charge is -2.17. The largest absolute Gasteiger partial charge is 0.411 e. The van der Waals surface area contributed by atoms with Crippen molar-refractivity contribution < 1.29 is 25.6 Å². The van der Waals surface area contributed by atoms with Gasteiger partial charge in [0.1, 0.15) is 18.3 Å². The molecular formula is C5H11NO5. The molecule has 66 valence electrons. The number of aliphatic hydroxyl groups excluding tert-OH is 4. The maximum Gasteiger partial charge on any atom is 0.121 e. The monoisotopic (exact) mass is 165 g/mol. The van der Waals surface area contributed by atoms with Gasteiger partial charge in [0.2, 0.25) is 0 Å². The highest BCUT2D eigenvalue weighted by atomic mass is 16.4. The van der Waals surface area contributed by atoms with Crippen LogP contribution in [0.3, 0.4) is 0 Å². The fourth-order valence-corrected chi connectivity index (χ4v) is 0.492. The maximum atomic E-state index is 8.85. The maximum absolute atomic E-state index is 8.85. The van der Waals surface area contributed by atoms with Gasteiger partial charge in [-0.3, -0.25) is 0 Å². The van der Waals surface area contributed by atoms with Crippen LogP contribution in [-0.4, -0.2) is 56.8 Å². The molecule has 0 aromatic carbocycles. The van der Waals surface area contributed by atoms with Crippen LogP contribution >= 0.6 is 0 Å². The Morgan fingerprint density at radius 1 is 1.27 bits per heavy atom. The molecule has 11 heavy (non-hydrogen) atoms. The minimum atomic E-state index is -1.55. The zero-order valence-electron chi connectivity index (χ0n) is 5.70. The van der Waals surface area contributed by atoms with Gasteiger partial charge >= 0.3 is 0 Å². The quantitative estimate of drug-likeness (QED) is 0.180. The zero-order valence-corrected chi connectivity index (χ0v) is 5.70. The molecule has 0 heterocycles. The first-order valence-electron chi connectivity index (χ1n) is 2.96. The van der Waals surface area contributed by atoms with E-state index in [1.807, 2.05) is 0 Å². The Bertz CT molecular complexity index is 128. The summed E-state index contributed by atoms with van der Waals surface area (Å²) in [6.45, 7) is -0.669. The Balaban J connectivity index is 3.90. The molecule has 0 bridgehead atoms. The van der Waals surface area contributed by atoms with Crippen LogP contribution in [0.5, 0.6) is 0 Å². The van der Waals surface area contributed by atoms with Crippen molar-refractivity contribution in [3.63, 3.8) is 0 Å². The van der Waals surface area contributed by atoms with Gasteiger partial charge in [-0.1, -0.05) is 5.16 Å². The summed E-state index contributed by atoms with van der Waals surface area (Å²) in [6.07, 6.45) is -3.83. The van der Waals surface area contributed by atoms with Crippen LogP contribution < -0.4 is 0 Å². The molecule has 0 fully saturated rings. The van der Waals surface area contributed by atoms with Gasteiger partial charge in [-0.15, -0.1) is 0 Å². The van der Waals surface area contributed by atoms with Crippen LogP contribution in [0.15, 0.2) is 5.16 Å². The van der Waals surface area contributed by atoms with Crippen LogP contribution in [0.4, 0.5) is 0 Å². The predicted molar refractivity (Wildman–Crippen MR) is 35.4 cm³/mol. The number of oxime groups is 1. The molecule has 6 nitrogen and oxygen atoms in total. The van der Waals surface area contributed by atoms with Gasteiger partial charge in [-0.25, -0.2) is 0 Å². The van der Waals surface area contributed by atoms with E-state index in [1.54, 1.807) is 0 Å². The third-order valence-corrected chi connectivity index (χ3v) is 1.15. The normalized spacial score (nSPS) is 20.0. The van der Waals surface area contributed by atoms with E-state index in [2.05, 4.69) is 5.16 Å². The van der Waals surface area contributed by atoms with Crippen molar-refractivity contribution >= 4 is 6.21 Å². The minimum absolute atomic E-state index is 0.642. The number of nitrogens with zero attached hydrogens (tertiary/aromatic N) is 1. The Morgan fingerprint density at radius 2 is 1.82 bits per heavy atom. The first kappa shape index (κ1) is 10.3. The molecular weight excluding hydrogens is 154 g/mol. The highest BCUT2D eigenvalue weighted by Crippen LogP contribution is 1.97. The highest BCUT2D eigenvalue weighted by molar-refractivity contribution is 5.62. The molecule has 0 saturated carbocycles. The average Bonchev–Trinajstić information content (AvgIpc) is 2.02. The number of aliphatic hydroxyl groups is 4. The molecule has 0 aromatic heterocycles. The lowest BCUT2D eigenvalue weighted by molar-refractivity contribution is -0.0546. The molecule has 0 spiro atoms. The van der Waals surface area contributed by atoms with E-state index in [0.717, 1.165) is 0 Å². The molecule has 0 aliphatic rings. The van der Waals surface area contributed by atoms with Crippen LogP contribution in [0.1, 0.15) is 0 Å². The Hall–Kier alpha value is -0.690. The van der Waals surface area contributed by atoms with Gasteiger partial charge in [0.15, 0.2) is 0 Å². The summed E-state index contributed by atoms with van der Waals surface area (Å²) in [5.41, 5.74) is 0. The Labute approximate surface area is 63.0 Å². The summed E-state index contributed by atoms with van der Waals surface area (Å²) >= 11 is 0. The fourth-order valence-electron chi connectivity index (χ4n) is 0.492. The molecule has 6 heteroatoms. The summed E-state index contributed by atoms with van der Waals surface area (Å²) in [7, 11) is 0. The van der Waals surface area contributed by atoms with Crippen LogP contribution in [0.2, 0.25) is 0 Å². The van der Waals surface area contributed by atoms with Crippen molar-refractivity contribution in [1.82, 2.24) is 0 Å². The SMILES string of the molecule is OC[C@H](O)[C@H](O)[C@H](O)/C=N\O.